The van der Waals surface area contributed by atoms with Crippen LogP contribution in [0.2, 0.25) is 0 Å². The largest absolute Gasteiger partial charge is 0.403 e. The quantitative estimate of drug-likeness (QED) is 0.588. The van der Waals surface area contributed by atoms with Gasteiger partial charge in [-0.1, -0.05) is 66.2 Å². The van der Waals surface area contributed by atoms with Crippen LogP contribution in [-0.4, -0.2) is 11.9 Å². The molecule has 0 radical (unpaired) electrons. The van der Waals surface area contributed by atoms with Gasteiger partial charge in [-0.2, -0.15) is 0 Å². The standard InChI is InChI=1S/C22H19NO2/c1-16-8-10-18(11-9-16)12-13-21-23-20(22(24)25-21)15-17(2)14-19-6-4-3-5-7-19/h3-15H,1-2H3/b13-12+,17-14+,20-15-. The maximum Gasteiger partial charge on any atom is 0.363 e. The zero-order valence-corrected chi connectivity index (χ0v) is 14.3. The van der Waals surface area contributed by atoms with E-state index < -0.39 is 5.97 Å². The molecule has 3 nitrogen and oxygen atoms in total. The second-order valence-corrected chi connectivity index (χ2v) is 5.91. The van der Waals surface area contributed by atoms with Gasteiger partial charge in [0.2, 0.25) is 5.90 Å². The molecule has 0 bridgehead atoms. The predicted octanol–water partition coefficient (Wildman–Crippen LogP) is 4.95. The van der Waals surface area contributed by atoms with Gasteiger partial charge in [-0.15, -0.1) is 0 Å². The van der Waals surface area contributed by atoms with Crippen molar-refractivity contribution in [3.05, 3.63) is 94.7 Å². The van der Waals surface area contributed by atoms with Crippen LogP contribution in [0.4, 0.5) is 0 Å². The van der Waals surface area contributed by atoms with Gasteiger partial charge in [-0.3, -0.25) is 0 Å². The Morgan fingerprint density at radius 1 is 0.960 bits per heavy atom. The first-order valence-corrected chi connectivity index (χ1v) is 8.11. The minimum atomic E-state index is -0.427. The minimum absolute atomic E-state index is 0.310. The fraction of sp³-hybridized carbons (Fsp3) is 0.0909. The summed E-state index contributed by atoms with van der Waals surface area (Å²) in [6, 6.07) is 18.0. The predicted molar refractivity (Wildman–Crippen MR) is 102 cm³/mol. The Morgan fingerprint density at radius 3 is 2.40 bits per heavy atom. The van der Waals surface area contributed by atoms with Gasteiger partial charge < -0.3 is 4.74 Å². The second kappa shape index (κ2) is 7.58. The number of aryl methyl sites for hydroxylation is 1. The van der Waals surface area contributed by atoms with Crippen molar-refractivity contribution in [1.29, 1.82) is 0 Å². The number of benzene rings is 2. The first-order chi connectivity index (χ1) is 12.1. The number of esters is 1. The average Bonchev–Trinajstić information content (AvgIpc) is 2.95. The summed E-state index contributed by atoms with van der Waals surface area (Å²) in [5.74, 6) is -0.117. The van der Waals surface area contributed by atoms with Gasteiger partial charge in [-0.25, -0.2) is 9.79 Å². The van der Waals surface area contributed by atoms with Crippen LogP contribution < -0.4 is 0 Å². The number of aliphatic imine (C=N–C) groups is 1. The monoisotopic (exact) mass is 329 g/mol. The summed E-state index contributed by atoms with van der Waals surface area (Å²) in [6.07, 6.45) is 7.32. The zero-order valence-electron chi connectivity index (χ0n) is 14.3. The van der Waals surface area contributed by atoms with E-state index in [4.69, 9.17) is 4.74 Å². The highest BCUT2D eigenvalue weighted by Crippen LogP contribution is 2.16. The van der Waals surface area contributed by atoms with Crippen molar-refractivity contribution < 1.29 is 9.53 Å². The summed E-state index contributed by atoms with van der Waals surface area (Å²) in [6.45, 7) is 3.97. The third-order valence-electron chi connectivity index (χ3n) is 3.69. The topological polar surface area (TPSA) is 38.7 Å². The number of ether oxygens (including phenoxy) is 1. The molecule has 0 atom stereocenters. The highest BCUT2D eigenvalue weighted by molar-refractivity contribution is 6.10. The minimum Gasteiger partial charge on any atom is -0.403 e. The molecular weight excluding hydrogens is 310 g/mol. The molecule has 124 valence electrons. The maximum absolute atomic E-state index is 12.0. The highest BCUT2D eigenvalue weighted by atomic mass is 16.6. The molecule has 2 aromatic rings. The summed E-state index contributed by atoms with van der Waals surface area (Å²) < 4.78 is 5.20. The smallest absolute Gasteiger partial charge is 0.363 e. The van der Waals surface area contributed by atoms with Crippen LogP contribution in [0.15, 0.2) is 83.0 Å². The molecule has 0 fully saturated rings. The van der Waals surface area contributed by atoms with E-state index in [1.165, 1.54) is 5.56 Å². The number of hydrogen-bond donors (Lipinski definition) is 0. The van der Waals surface area contributed by atoms with Gasteiger partial charge in [0.1, 0.15) is 0 Å². The Kier molecular flexibility index (Phi) is 5.05. The SMILES string of the molecule is CC(/C=C1N=C(/C=C/c2ccc(C)cc2)OC\1=O)=C\c1ccccc1. The van der Waals surface area contributed by atoms with E-state index in [1.807, 2.05) is 80.6 Å². The van der Waals surface area contributed by atoms with Crippen LogP contribution in [0.1, 0.15) is 23.6 Å². The number of carbonyl (C=O) groups is 1. The Labute approximate surface area is 147 Å². The van der Waals surface area contributed by atoms with Crippen molar-refractivity contribution in [3.8, 4) is 0 Å². The Hall–Kier alpha value is -3.20. The van der Waals surface area contributed by atoms with E-state index in [0.29, 0.717) is 11.6 Å². The third-order valence-corrected chi connectivity index (χ3v) is 3.69. The van der Waals surface area contributed by atoms with Crippen molar-refractivity contribution in [3.63, 3.8) is 0 Å². The van der Waals surface area contributed by atoms with E-state index in [9.17, 15) is 4.79 Å². The second-order valence-electron chi connectivity index (χ2n) is 5.91. The van der Waals surface area contributed by atoms with Crippen LogP contribution >= 0.6 is 0 Å². The summed E-state index contributed by atoms with van der Waals surface area (Å²) in [5.41, 5.74) is 4.56. The summed E-state index contributed by atoms with van der Waals surface area (Å²) >= 11 is 0. The molecule has 0 aliphatic carbocycles. The van der Waals surface area contributed by atoms with Crippen LogP contribution in [-0.2, 0) is 9.53 Å². The van der Waals surface area contributed by atoms with Gasteiger partial charge in [-0.05, 0) is 42.7 Å². The van der Waals surface area contributed by atoms with Crippen LogP contribution in [0.25, 0.3) is 12.2 Å². The Balaban J connectivity index is 1.75. The van der Waals surface area contributed by atoms with E-state index >= 15 is 0 Å². The lowest BCUT2D eigenvalue weighted by molar-refractivity contribution is -0.129. The molecule has 0 N–H and O–H groups in total. The van der Waals surface area contributed by atoms with Crippen molar-refractivity contribution in [2.24, 2.45) is 4.99 Å². The summed E-state index contributed by atoms with van der Waals surface area (Å²) in [7, 11) is 0. The highest BCUT2D eigenvalue weighted by Gasteiger charge is 2.20. The van der Waals surface area contributed by atoms with Crippen molar-refractivity contribution in [2.75, 3.05) is 0 Å². The van der Waals surface area contributed by atoms with Gasteiger partial charge in [0.05, 0.1) is 0 Å². The number of nitrogens with zero attached hydrogens (tertiary/aromatic N) is 1. The lowest BCUT2D eigenvalue weighted by atomic mass is 10.1. The molecule has 2 aromatic carbocycles. The number of rotatable bonds is 4. The van der Waals surface area contributed by atoms with Crippen molar-refractivity contribution in [2.45, 2.75) is 13.8 Å². The Morgan fingerprint density at radius 2 is 1.68 bits per heavy atom. The lowest BCUT2D eigenvalue weighted by Gasteiger charge is -1.95. The number of hydrogen-bond acceptors (Lipinski definition) is 3. The van der Waals surface area contributed by atoms with E-state index in [-0.39, 0.29) is 0 Å². The lowest BCUT2D eigenvalue weighted by Crippen LogP contribution is -2.01. The molecule has 0 amide bonds. The van der Waals surface area contributed by atoms with E-state index in [1.54, 1.807) is 12.2 Å². The van der Waals surface area contributed by atoms with E-state index in [2.05, 4.69) is 4.99 Å². The molecule has 1 aliphatic heterocycles. The maximum atomic E-state index is 12.0. The third kappa shape index (κ3) is 4.64. The van der Waals surface area contributed by atoms with Crippen LogP contribution in [0.3, 0.4) is 0 Å². The van der Waals surface area contributed by atoms with Crippen molar-refractivity contribution in [1.82, 2.24) is 0 Å². The molecule has 0 saturated heterocycles. The molecule has 3 heteroatoms. The number of cyclic esters (lactones) is 1. The molecule has 1 aliphatic rings. The molecule has 25 heavy (non-hydrogen) atoms. The fourth-order valence-electron chi connectivity index (χ4n) is 2.41. The number of allylic oxidation sites excluding steroid dienone is 2. The normalized spacial score (nSPS) is 16.4. The van der Waals surface area contributed by atoms with E-state index in [0.717, 1.165) is 16.7 Å². The number of carbonyl (C=O) groups excluding carboxylic acids is 1. The van der Waals surface area contributed by atoms with Crippen molar-refractivity contribution >= 4 is 24.0 Å². The van der Waals surface area contributed by atoms with Gasteiger partial charge in [0.15, 0.2) is 5.70 Å². The molecule has 0 spiro atoms. The first-order valence-electron chi connectivity index (χ1n) is 8.11. The zero-order chi connectivity index (χ0) is 17.6. The molecule has 0 saturated carbocycles. The molecule has 1 heterocycles. The van der Waals surface area contributed by atoms with Gasteiger partial charge in [0, 0.05) is 6.08 Å². The van der Waals surface area contributed by atoms with Crippen LogP contribution in [0.5, 0.6) is 0 Å². The molecule has 0 unspecified atom stereocenters. The molecule has 3 rings (SSSR count). The average molecular weight is 329 g/mol. The molecular formula is C22H19NO2. The summed E-state index contributed by atoms with van der Waals surface area (Å²) in [5, 5.41) is 0. The fourth-order valence-corrected chi connectivity index (χ4v) is 2.41. The summed E-state index contributed by atoms with van der Waals surface area (Å²) in [4.78, 5) is 16.2. The van der Waals surface area contributed by atoms with Gasteiger partial charge >= 0.3 is 5.97 Å². The van der Waals surface area contributed by atoms with Crippen LogP contribution in [0, 0.1) is 6.92 Å². The molecule has 0 aromatic heterocycles. The van der Waals surface area contributed by atoms with Gasteiger partial charge in [0.25, 0.3) is 0 Å². The first kappa shape index (κ1) is 16.7. The Bertz CT molecular complexity index is 885.